The minimum Gasteiger partial charge on any atom is -0.326 e. The molecule has 0 spiro atoms. The zero-order valence-corrected chi connectivity index (χ0v) is 12.2. The molecule has 104 valence electrons. The predicted octanol–water partition coefficient (Wildman–Crippen LogP) is 4.33. The quantitative estimate of drug-likeness (QED) is 0.856. The Morgan fingerprint density at radius 1 is 1.26 bits per heavy atom. The topological polar surface area (TPSA) is 29.1 Å². The van der Waals surface area contributed by atoms with Crippen LogP contribution in [0.25, 0.3) is 0 Å². The third-order valence-corrected chi connectivity index (χ3v) is 4.78. The molecule has 1 N–H and O–H groups in total. The summed E-state index contributed by atoms with van der Waals surface area (Å²) in [5, 5.41) is 3.00. The van der Waals surface area contributed by atoms with Crippen molar-refractivity contribution in [1.82, 2.24) is 0 Å². The predicted molar refractivity (Wildman–Crippen MR) is 79.9 cm³/mol. The third kappa shape index (κ3) is 3.59. The standard InChI is InChI=1S/C17H25NO/c1-12-9-10-15(14(12)3)11-13(2)17(19)18-16-7-5-4-6-8-16/h4-8,12-15H,9-11H2,1-3H3,(H,18,19)/t12-,13-,14-,15-/m1/s1. The number of amides is 1. The number of hydrogen-bond acceptors (Lipinski definition) is 1. The van der Waals surface area contributed by atoms with E-state index in [0.29, 0.717) is 5.92 Å². The molecule has 19 heavy (non-hydrogen) atoms. The molecule has 1 fully saturated rings. The summed E-state index contributed by atoms with van der Waals surface area (Å²) < 4.78 is 0. The molecule has 1 aromatic carbocycles. The molecule has 0 radical (unpaired) electrons. The second kappa shape index (κ2) is 6.23. The highest BCUT2D eigenvalue weighted by atomic mass is 16.1. The average Bonchev–Trinajstić information content (AvgIpc) is 2.72. The minimum atomic E-state index is 0.0953. The highest BCUT2D eigenvalue weighted by Gasteiger charge is 2.31. The lowest BCUT2D eigenvalue weighted by atomic mass is 9.85. The van der Waals surface area contributed by atoms with Crippen LogP contribution in [0.3, 0.4) is 0 Å². The zero-order chi connectivity index (χ0) is 13.8. The number of rotatable bonds is 4. The van der Waals surface area contributed by atoms with E-state index in [1.165, 1.54) is 12.8 Å². The molecule has 2 rings (SSSR count). The van der Waals surface area contributed by atoms with Crippen LogP contribution in [-0.2, 0) is 4.79 Å². The molecule has 1 aliphatic carbocycles. The van der Waals surface area contributed by atoms with Crippen molar-refractivity contribution in [3.05, 3.63) is 30.3 Å². The van der Waals surface area contributed by atoms with Crippen LogP contribution in [-0.4, -0.2) is 5.91 Å². The van der Waals surface area contributed by atoms with Gasteiger partial charge in [-0.1, -0.05) is 45.4 Å². The van der Waals surface area contributed by atoms with E-state index in [0.717, 1.165) is 23.9 Å². The summed E-state index contributed by atoms with van der Waals surface area (Å²) in [4.78, 5) is 12.2. The number of anilines is 1. The summed E-state index contributed by atoms with van der Waals surface area (Å²) in [5.41, 5.74) is 0.896. The van der Waals surface area contributed by atoms with Crippen LogP contribution in [0.5, 0.6) is 0 Å². The van der Waals surface area contributed by atoms with Gasteiger partial charge in [0.15, 0.2) is 0 Å². The van der Waals surface area contributed by atoms with E-state index in [4.69, 9.17) is 0 Å². The van der Waals surface area contributed by atoms with E-state index < -0.39 is 0 Å². The fourth-order valence-electron chi connectivity index (χ4n) is 3.15. The summed E-state index contributed by atoms with van der Waals surface area (Å²) in [6, 6.07) is 9.72. The highest BCUT2D eigenvalue weighted by Crippen LogP contribution is 2.39. The number of carbonyl (C=O) groups is 1. The van der Waals surface area contributed by atoms with Crippen LogP contribution >= 0.6 is 0 Å². The van der Waals surface area contributed by atoms with E-state index >= 15 is 0 Å². The van der Waals surface area contributed by atoms with Gasteiger partial charge in [-0.3, -0.25) is 4.79 Å². The highest BCUT2D eigenvalue weighted by molar-refractivity contribution is 5.92. The lowest BCUT2D eigenvalue weighted by Gasteiger charge is -2.21. The largest absolute Gasteiger partial charge is 0.326 e. The molecular formula is C17H25NO. The Bertz CT molecular complexity index is 415. The van der Waals surface area contributed by atoms with E-state index in [9.17, 15) is 4.79 Å². The van der Waals surface area contributed by atoms with E-state index in [-0.39, 0.29) is 11.8 Å². The van der Waals surface area contributed by atoms with Gasteiger partial charge in [-0.05, 0) is 42.7 Å². The summed E-state index contributed by atoms with van der Waals surface area (Å²) in [7, 11) is 0. The van der Waals surface area contributed by atoms with E-state index in [1.54, 1.807) is 0 Å². The van der Waals surface area contributed by atoms with Crippen LogP contribution in [0.1, 0.15) is 40.0 Å². The number of para-hydroxylation sites is 1. The summed E-state index contributed by atoms with van der Waals surface area (Å²) in [5.74, 6) is 2.53. The van der Waals surface area contributed by atoms with Crippen molar-refractivity contribution < 1.29 is 4.79 Å². The second-order valence-corrected chi connectivity index (χ2v) is 6.17. The van der Waals surface area contributed by atoms with Crippen LogP contribution in [0.4, 0.5) is 5.69 Å². The smallest absolute Gasteiger partial charge is 0.227 e. The van der Waals surface area contributed by atoms with Crippen molar-refractivity contribution in [2.24, 2.45) is 23.7 Å². The van der Waals surface area contributed by atoms with Gasteiger partial charge in [0.1, 0.15) is 0 Å². The van der Waals surface area contributed by atoms with Crippen LogP contribution in [0, 0.1) is 23.7 Å². The molecule has 1 aliphatic rings. The minimum absolute atomic E-state index is 0.0953. The van der Waals surface area contributed by atoms with Crippen molar-refractivity contribution in [3.8, 4) is 0 Å². The Morgan fingerprint density at radius 3 is 2.53 bits per heavy atom. The summed E-state index contributed by atoms with van der Waals surface area (Å²) in [6.45, 7) is 6.72. The first-order chi connectivity index (χ1) is 9.08. The van der Waals surface area contributed by atoms with Crippen molar-refractivity contribution >= 4 is 11.6 Å². The first-order valence-corrected chi connectivity index (χ1v) is 7.44. The molecule has 1 saturated carbocycles. The summed E-state index contributed by atoms with van der Waals surface area (Å²) >= 11 is 0. The van der Waals surface area contributed by atoms with Gasteiger partial charge in [0.2, 0.25) is 5.91 Å². The lowest BCUT2D eigenvalue weighted by Crippen LogP contribution is -2.24. The van der Waals surface area contributed by atoms with E-state index in [2.05, 4.69) is 19.2 Å². The molecule has 1 aromatic rings. The molecule has 0 unspecified atom stereocenters. The molecule has 1 amide bonds. The van der Waals surface area contributed by atoms with Crippen molar-refractivity contribution in [3.63, 3.8) is 0 Å². The van der Waals surface area contributed by atoms with Gasteiger partial charge in [-0.15, -0.1) is 0 Å². The van der Waals surface area contributed by atoms with Crippen LogP contribution < -0.4 is 5.32 Å². The molecular weight excluding hydrogens is 234 g/mol. The fourth-order valence-corrected chi connectivity index (χ4v) is 3.15. The first-order valence-electron chi connectivity index (χ1n) is 7.44. The molecule has 0 aromatic heterocycles. The van der Waals surface area contributed by atoms with Crippen LogP contribution in [0.15, 0.2) is 30.3 Å². The Kier molecular flexibility index (Phi) is 4.62. The van der Waals surface area contributed by atoms with E-state index in [1.807, 2.05) is 37.3 Å². The van der Waals surface area contributed by atoms with Gasteiger partial charge in [0.05, 0.1) is 0 Å². The fraction of sp³-hybridized carbons (Fsp3) is 0.588. The maximum Gasteiger partial charge on any atom is 0.227 e. The number of benzene rings is 1. The maximum absolute atomic E-state index is 12.2. The number of carbonyl (C=O) groups excluding carboxylic acids is 1. The molecule has 2 heteroatoms. The van der Waals surface area contributed by atoms with Gasteiger partial charge in [0.25, 0.3) is 0 Å². The first kappa shape index (κ1) is 14.1. The molecule has 4 atom stereocenters. The Morgan fingerprint density at radius 2 is 1.95 bits per heavy atom. The molecule has 2 nitrogen and oxygen atoms in total. The lowest BCUT2D eigenvalue weighted by molar-refractivity contribution is -0.120. The third-order valence-electron chi connectivity index (χ3n) is 4.78. The van der Waals surface area contributed by atoms with Crippen molar-refractivity contribution in [1.29, 1.82) is 0 Å². The van der Waals surface area contributed by atoms with Gasteiger partial charge in [-0.25, -0.2) is 0 Å². The van der Waals surface area contributed by atoms with Crippen molar-refractivity contribution in [2.75, 3.05) is 5.32 Å². The normalized spacial score (nSPS) is 28.1. The average molecular weight is 259 g/mol. The number of hydrogen-bond donors (Lipinski definition) is 1. The van der Waals surface area contributed by atoms with Crippen molar-refractivity contribution in [2.45, 2.75) is 40.0 Å². The Hall–Kier alpha value is -1.31. The summed E-state index contributed by atoms with van der Waals surface area (Å²) in [6.07, 6.45) is 3.62. The number of nitrogens with one attached hydrogen (secondary N) is 1. The van der Waals surface area contributed by atoms with Crippen LogP contribution in [0.2, 0.25) is 0 Å². The molecule has 0 saturated heterocycles. The molecule has 0 heterocycles. The van der Waals surface area contributed by atoms with Gasteiger partial charge in [0, 0.05) is 11.6 Å². The Balaban J connectivity index is 1.86. The van der Waals surface area contributed by atoms with Gasteiger partial charge >= 0.3 is 0 Å². The van der Waals surface area contributed by atoms with Gasteiger partial charge < -0.3 is 5.32 Å². The Labute approximate surface area is 116 Å². The molecule has 0 aliphatic heterocycles. The SMILES string of the molecule is C[C@H]1[C@@H](C[C@@H](C)C(=O)Nc2ccccc2)CC[C@H]1C. The van der Waals surface area contributed by atoms with Gasteiger partial charge in [-0.2, -0.15) is 0 Å². The zero-order valence-electron chi connectivity index (χ0n) is 12.2. The maximum atomic E-state index is 12.2. The monoisotopic (exact) mass is 259 g/mol. The second-order valence-electron chi connectivity index (χ2n) is 6.17. The molecule has 0 bridgehead atoms.